The van der Waals surface area contributed by atoms with E-state index in [1.807, 2.05) is 62.9 Å². The highest BCUT2D eigenvalue weighted by Crippen LogP contribution is 2.35. The number of likely N-dealkylation sites (tertiary alicyclic amines) is 1. The lowest BCUT2D eigenvalue weighted by Gasteiger charge is -2.35. The van der Waals surface area contributed by atoms with Gasteiger partial charge in [-0.1, -0.05) is 36.4 Å². The second-order valence-electron chi connectivity index (χ2n) is 9.56. The minimum Gasteiger partial charge on any atom is -0.444 e. The molecule has 2 aromatic carbocycles. The third kappa shape index (κ3) is 6.12. The summed E-state index contributed by atoms with van der Waals surface area (Å²) in [5.41, 5.74) is 3.69. The average Bonchev–Trinajstić information content (AvgIpc) is 2.71. The molecule has 6 heteroatoms. The van der Waals surface area contributed by atoms with Gasteiger partial charge in [-0.25, -0.2) is 4.79 Å². The summed E-state index contributed by atoms with van der Waals surface area (Å²) in [7, 11) is 0. The van der Waals surface area contributed by atoms with E-state index in [1.165, 1.54) is 0 Å². The minimum absolute atomic E-state index is 0.102. The minimum atomic E-state index is -0.522. The van der Waals surface area contributed by atoms with Crippen molar-refractivity contribution in [2.24, 2.45) is 5.92 Å². The Kier molecular flexibility index (Phi) is 7.65. The van der Waals surface area contributed by atoms with Gasteiger partial charge in [-0.2, -0.15) is 0 Å². The first-order valence-electron chi connectivity index (χ1n) is 11.1. The lowest BCUT2D eigenvalue weighted by molar-refractivity contribution is -0.124. The smallest absolute Gasteiger partial charge is 0.410 e. The number of hydrogen-bond acceptors (Lipinski definition) is 3. The lowest BCUT2D eigenvalue weighted by atomic mass is 9.94. The zero-order valence-corrected chi connectivity index (χ0v) is 21.2. The molecule has 3 rings (SSSR count). The second kappa shape index (κ2) is 10.1. The van der Waals surface area contributed by atoms with Crippen LogP contribution in [0.2, 0.25) is 0 Å². The normalized spacial score (nSPS) is 14.9. The van der Waals surface area contributed by atoms with Gasteiger partial charge < -0.3 is 14.5 Å². The van der Waals surface area contributed by atoms with Crippen molar-refractivity contribution < 1.29 is 14.3 Å². The largest absolute Gasteiger partial charge is 0.444 e. The number of nitrogens with zero attached hydrogens (tertiary/aromatic N) is 2. The number of amides is 2. The second-order valence-corrected chi connectivity index (χ2v) is 10.4. The summed E-state index contributed by atoms with van der Waals surface area (Å²) in [6.07, 6.45) is 0.958. The van der Waals surface area contributed by atoms with E-state index in [2.05, 4.69) is 35.0 Å². The van der Waals surface area contributed by atoms with Crippen LogP contribution < -0.4 is 4.90 Å². The van der Waals surface area contributed by atoms with E-state index in [9.17, 15) is 9.59 Å². The molecule has 0 saturated carbocycles. The van der Waals surface area contributed by atoms with Gasteiger partial charge in [0.05, 0.1) is 12.2 Å². The van der Waals surface area contributed by atoms with Crippen LogP contribution in [0.5, 0.6) is 0 Å². The molecule has 1 heterocycles. The van der Waals surface area contributed by atoms with E-state index in [4.69, 9.17) is 4.74 Å². The number of carbonyl (C=O) groups is 2. The molecular formula is C26H33BrN2O3. The Morgan fingerprint density at radius 1 is 1.09 bits per heavy atom. The van der Waals surface area contributed by atoms with Crippen molar-refractivity contribution >= 4 is 33.6 Å². The molecule has 5 nitrogen and oxygen atoms in total. The van der Waals surface area contributed by atoms with Crippen LogP contribution >= 0.6 is 15.9 Å². The summed E-state index contributed by atoms with van der Waals surface area (Å²) >= 11 is 3.70. The molecule has 0 atom stereocenters. The Hall–Kier alpha value is -2.34. The fourth-order valence-electron chi connectivity index (χ4n) is 4.14. The van der Waals surface area contributed by atoms with Crippen molar-refractivity contribution in [2.45, 2.75) is 59.6 Å². The maximum absolute atomic E-state index is 13.8. The quantitative estimate of drug-likeness (QED) is 0.498. The molecule has 32 heavy (non-hydrogen) atoms. The molecule has 0 aliphatic carbocycles. The maximum atomic E-state index is 13.8. The van der Waals surface area contributed by atoms with Crippen LogP contribution in [0.1, 0.15) is 50.3 Å². The van der Waals surface area contributed by atoms with Gasteiger partial charge in [0.15, 0.2) is 0 Å². The highest BCUT2D eigenvalue weighted by Gasteiger charge is 2.33. The van der Waals surface area contributed by atoms with Crippen molar-refractivity contribution in [3.8, 4) is 0 Å². The van der Waals surface area contributed by atoms with E-state index >= 15 is 0 Å². The van der Waals surface area contributed by atoms with Crippen molar-refractivity contribution in [3.05, 3.63) is 63.6 Å². The molecule has 2 aromatic rings. The van der Waals surface area contributed by atoms with Gasteiger partial charge >= 0.3 is 6.09 Å². The molecule has 0 spiro atoms. The van der Waals surface area contributed by atoms with Crippen LogP contribution in [0.3, 0.4) is 0 Å². The predicted molar refractivity (Wildman–Crippen MR) is 132 cm³/mol. The number of halogens is 1. The summed E-state index contributed by atoms with van der Waals surface area (Å²) in [5.74, 6) is -0.0321. The van der Waals surface area contributed by atoms with Gasteiger partial charge in [0, 0.05) is 23.5 Å². The lowest BCUT2D eigenvalue weighted by Crippen LogP contribution is -2.46. The van der Waals surface area contributed by atoms with Gasteiger partial charge in [0.1, 0.15) is 5.60 Å². The number of ether oxygens (including phenoxy) is 1. The Morgan fingerprint density at radius 2 is 1.72 bits per heavy atom. The zero-order chi connectivity index (χ0) is 23.5. The molecular weight excluding hydrogens is 468 g/mol. The van der Waals surface area contributed by atoms with E-state index in [1.54, 1.807) is 4.90 Å². The molecule has 172 valence electrons. The Morgan fingerprint density at radius 3 is 2.28 bits per heavy atom. The number of piperidine rings is 1. The maximum Gasteiger partial charge on any atom is 0.410 e. The molecule has 1 aliphatic heterocycles. The molecule has 1 fully saturated rings. The van der Waals surface area contributed by atoms with Crippen LogP contribution in [0.4, 0.5) is 10.5 Å². The van der Waals surface area contributed by atoms with Crippen molar-refractivity contribution in [1.82, 2.24) is 4.90 Å². The topological polar surface area (TPSA) is 49.9 Å². The number of aryl methyl sites for hydroxylation is 2. The van der Waals surface area contributed by atoms with Crippen LogP contribution in [-0.2, 0) is 16.1 Å². The Labute approximate surface area is 199 Å². The number of carbonyl (C=O) groups excluding carboxylic acids is 2. The molecule has 0 N–H and O–H groups in total. The summed E-state index contributed by atoms with van der Waals surface area (Å²) in [4.78, 5) is 29.8. The van der Waals surface area contributed by atoms with Crippen molar-refractivity contribution in [1.29, 1.82) is 0 Å². The first-order valence-corrected chi connectivity index (χ1v) is 11.9. The SMILES string of the molecule is Cc1cc(C)c(N(Cc2ccccc2)C(=O)C2CCN(C(=O)OC(C)(C)C)CC2)c(Br)c1. The fraction of sp³-hybridized carbons (Fsp3) is 0.462. The zero-order valence-electron chi connectivity index (χ0n) is 19.7. The van der Waals surface area contributed by atoms with E-state index in [0.29, 0.717) is 32.5 Å². The van der Waals surface area contributed by atoms with Crippen molar-refractivity contribution in [2.75, 3.05) is 18.0 Å². The monoisotopic (exact) mass is 500 g/mol. The Balaban J connectivity index is 1.80. The van der Waals surface area contributed by atoms with Crippen LogP contribution in [-0.4, -0.2) is 35.6 Å². The molecule has 0 bridgehead atoms. The Bertz CT molecular complexity index is 938. The van der Waals surface area contributed by atoms with Crippen LogP contribution in [0.25, 0.3) is 0 Å². The van der Waals surface area contributed by atoms with Crippen LogP contribution in [0, 0.1) is 19.8 Å². The van der Waals surface area contributed by atoms with E-state index in [0.717, 1.165) is 26.9 Å². The highest BCUT2D eigenvalue weighted by atomic mass is 79.9. The summed E-state index contributed by atoms with van der Waals surface area (Å²) in [6, 6.07) is 14.2. The van der Waals surface area contributed by atoms with E-state index < -0.39 is 5.60 Å². The van der Waals surface area contributed by atoms with Gasteiger partial charge in [-0.3, -0.25) is 4.79 Å². The number of hydrogen-bond donors (Lipinski definition) is 0. The third-order valence-corrected chi connectivity index (χ3v) is 6.22. The highest BCUT2D eigenvalue weighted by molar-refractivity contribution is 9.10. The summed E-state index contributed by atoms with van der Waals surface area (Å²) in [5, 5.41) is 0. The molecule has 1 aliphatic rings. The van der Waals surface area contributed by atoms with E-state index in [-0.39, 0.29) is 17.9 Å². The van der Waals surface area contributed by atoms with Gasteiger partial charge in [-0.15, -0.1) is 0 Å². The number of rotatable bonds is 4. The average molecular weight is 501 g/mol. The van der Waals surface area contributed by atoms with Crippen molar-refractivity contribution in [3.63, 3.8) is 0 Å². The third-order valence-electron chi connectivity index (χ3n) is 5.61. The molecule has 0 radical (unpaired) electrons. The first-order chi connectivity index (χ1) is 15.0. The number of anilines is 1. The fourth-order valence-corrected chi connectivity index (χ4v) is 5.03. The summed E-state index contributed by atoms with van der Waals surface area (Å²) < 4.78 is 6.42. The van der Waals surface area contributed by atoms with Gasteiger partial charge in [0.2, 0.25) is 5.91 Å². The summed E-state index contributed by atoms with van der Waals surface area (Å²) in [6.45, 7) is 11.3. The molecule has 1 saturated heterocycles. The number of benzene rings is 2. The standard InChI is InChI=1S/C26H33BrN2O3/c1-18-15-19(2)23(22(27)16-18)29(17-20-9-7-6-8-10-20)24(30)21-11-13-28(14-12-21)25(31)32-26(3,4)5/h6-10,15-16,21H,11-14,17H2,1-5H3. The van der Waals surface area contributed by atoms with Gasteiger partial charge in [0.25, 0.3) is 0 Å². The molecule has 0 unspecified atom stereocenters. The predicted octanol–water partition coefficient (Wildman–Crippen LogP) is 6.25. The molecule has 2 amide bonds. The van der Waals surface area contributed by atoms with Crippen LogP contribution in [0.15, 0.2) is 46.9 Å². The first kappa shape index (κ1) is 24.3. The molecule has 0 aromatic heterocycles. The van der Waals surface area contributed by atoms with Gasteiger partial charge in [-0.05, 0) is 86.1 Å².